The van der Waals surface area contributed by atoms with Crippen LogP contribution in [0.5, 0.6) is 5.75 Å². The third kappa shape index (κ3) is 6.33. The highest BCUT2D eigenvalue weighted by atomic mass is 16.5. The second kappa shape index (κ2) is 11.2. The Morgan fingerprint density at radius 2 is 1.89 bits per heavy atom. The van der Waals surface area contributed by atoms with Gasteiger partial charge in [-0.1, -0.05) is 30.3 Å². The molecule has 0 saturated carbocycles. The fraction of sp³-hybridized carbons (Fsp3) is 0.333. The van der Waals surface area contributed by atoms with E-state index >= 15 is 0 Å². The van der Waals surface area contributed by atoms with E-state index in [4.69, 9.17) is 15.5 Å². The molecule has 2 aromatic heterocycles. The Kier molecular flexibility index (Phi) is 8.04. The summed E-state index contributed by atoms with van der Waals surface area (Å²) in [6.07, 6.45) is 4.82. The molecule has 0 aliphatic heterocycles. The maximum absolute atomic E-state index is 12.9. The predicted molar refractivity (Wildman–Crippen MR) is 149 cm³/mol. The minimum atomic E-state index is -1.00. The number of ether oxygens (including phenoxy) is 1. The number of hydrogen-bond acceptors (Lipinski definition) is 6. The summed E-state index contributed by atoms with van der Waals surface area (Å²) in [5, 5.41) is 23.1. The zero-order valence-corrected chi connectivity index (χ0v) is 22.3. The SMILES string of the molecule is CC(C)Oc1ccc(C(=O)N[C@H](CCO)Cc2ccc(-c3cn4cccc(C(C)(C)O)c4n3)cc2)cc1N. The Hall–Kier alpha value is -3.88. The fourth-order valence-corrected chi connectivity index (χ4v) is 4.43. The largest absolute Gasteiger partial charge is 0.489 e. The van der Waals surface area contributed by atoms with Gasteiger partial charge in [0.1, 0.15) is 11.4 Å². The fourth-order valence-electron chi connectivity index (χ4n) is 4.43. The number of aromatic nitrogens is 2. The molecular formula is C30H36N4O4. The van der Waals surface area contributed by atoms with Crippen molar-refractivity contribution in [2.45, 2.75) is 58.3 Å². The molecule has 8 heteroatoms. The number of fused-ring (bicyclic) bond motifs is 1. The van der Waals surface area contributed by atoms with E-state index in [-0.39, 0.29) is 24.7 Å². The first-order valence-corrected chi connectivity index (χ1v) is 12.8. The lowest BCUT2D eigenvalue weighted by Crippen LogP contribution is -2.37. The Balaban J connectivity index is 1.47. The number of carbonyl (C=O) groups excluding carboxylic acids is 1. The molecule has 0 saturated heterocycles. The maximum Gasteiger partial charge on any atom is 0.251 e. The van der Waals surface area contributed by atoms with Gasteiger partial charge >= 0.3 is 0 Å². The van der Waals surface area contributed by atoms with E-state index in [1.807, 2.05) is 67.0 Å². The molecule has 38 heavy (non-hydrogen) atoms. The van der Waals surface area contributed by atoms with Gasteiger partial charge in [0.25, 0.3) is 5.91 Å². The summed E-state index contributed by atoms with van der Waals surface area (Å²) in [7, 11) is 0. The standard InChI is InChI=1S/C30H36N4O4/c1-19(2)38-27-12-11-22(17-25(27)31)29(36)32-23(13-15-35)16-20-7-9-21(10-8-20)26-18-34-14-5-6-24(28(34)33-26)30(3,4)37/h5-12,14,17-19,23,35,37H,13,15-16,31H2,1-4H3,(H,32,36)/t23-/m1/s1. The normalized spacial score (nSPS) is 12.6. The molecular weight excluding hydrogens is 480 g/mol. The summed E-state index contributed by atoms with van der Waals surface area (Å²) in [5.41, 5.74) is 10.2. The van der Waals surface area contributed by atoms with Gasteiger partial charge in [0.05, 0.1) is 23.1 Å². The van der Waals surface area contributed by atoms with Gasteiger partial charge in [-0.2, -0.15) is 0 Å². The van der Waals surface area contributed by atoms with E-state index in [0.29, 0.717) is 35.5 Å². The van der Waals surface area contributed by atoms with Gasteiger partial charge in [-0.15, -0.1) is 0 Å². The first-order chi connectivity index (χ1) is 18.0. The van der Waals surface area contributed by atoms with Crippen LogP contribution in [0.4, 0.5) is 5.69 Å². The quantitative estimate of drug-likeness (QED) is 0.233. The molecule has 1 amide bonds. The number of nitrogens with two attached hydrogens (primary N) is 1. The van der Waals surface area contributed by atoms with Crippen LogP contribution in [0.2, 0.25) is 0 Å². The number of aliphatic hydroxyl groups is 2. The summed E-state index contributed by atoms with van der Waals surface area (Å²) >= 11 is 0. The van der Waals surface area contributed by atoms with Crippen molar-refractivity contribution in [2.24, 2.45) is 0 Å². The Labute approximate surface area is 223 Å². The van der Waals surface area contributed by atoms with Crippen molar-refractivity contribution in [3.05, 3.63) is 83.7 Å². The van der Waals surface area contributed by atoms with Crippen molar-refractivity contribution in [1.29, 1.82) is 0 Å². The van der Waals surface area contributed by atoms with E-state index in [9.17, 15) is 15.0 Å². The van der Waals surface area contributed by atoms with Gasteiger partial charge in [-0.25, -0.2) is 4.98 Å². The second-order valence-corrected chi connectivity index (χ2v) is 10.3. The molecule has 0 radical (unpaired) electrons. The summed E-state index contributed by atoms with van der Waals surface area (Å²) in [5.74, 6) is 0.292. The third-order valence-electron chi connectivity index (χ3n) is 6.32. The van der Waals surface area contributed by atoms with Crippen molar-refractivity contribution in [1.82, 2.24) is 14.7 Å². The number of hydrogen-bond donors (Lipinski definition) is 4. The van der Waals surface area contributed by atoms with Crippen LogP contribution >= 0.6 is 0 Å². The first kappa shape index (κ1) is 27.2. The van der Waals surface area contributed by atoms with Crippen LogP contribution < -0.4 is 15.8 Å². The predicted octanol–water partition coefficient (Wildman–Crippen LogP) is 4.32. The number of nitrogen functional groups attached to an aromatic ring is 1. The highest BCUT2D eigenvalue weighted by Crippen LogP contribution is 2.27. The van der Waals surface area contributed by atoms with E-state index in [2.05, 4.69) is 5.32 Å². The molecule has 0 unspecified atom stereocenters. The summed E-state index contributed by atoms with van der Waals surface area (Å²) in [6.45, 7) is 7.28. The van der Waals surface area contributed by atoms with Crippen molar-refractivity contribution in [3.8, 4) is 17.0 Å². The monoisotopic (exact) mass is 516 g/mol. The molecule has 0 bridgehead atoms. The molecule has 4 rings (SSSR count). The number of anilines is 1. The molecule has 200 valence electrons. The molecule has 2 aromatic carbocycles. The van der Waals surface area contributed by atoms with Gasteiger partial charge in [-0.3, -0.25) is 4.79 Å². The molecule has 4 aromatic rings. The molecule has 0 fully saturated rings. The van der Waals surface area contributed by atoms with Gasteiger partial charge in [-0.05, 0) is 70.4 Å². The number of nitrogens with one attached hydrogen (secondary N) is 1. The minimum Gasteiger partial charge on any atom is -0.489 e. The molecule has 0 aliphatic carbocycles. The lowest BCUT2D eigenvalue weighted by atomic mass is 10.00. The first-order valence-electron chi connectivity index (χ1n) is 12.8. The molecule has 5 N–H and O–H groups in total. The zero-order valence-electron chi connectivity index (χ0n) is 22.3. The topological polar surface area (TPSA) is 122 Å². The number of carbonyl (C=O) groups is 1. The van der Waals surface area contributed by atoms with Crippen LogP contribution in [-0.4, -0.2) is 44.3 Å². The average molecular weight is 517 g/mol. The van der Waals surface area contributed by atoms with Crippen LogP contribution in [0.15, 0.2) is 67.0 Å². The van der Waals surface area contributed by atoms with E-state index in [1.54, 1.807) is 32.0 Å². The van der Waals surface area contributed by atoms with Crippen molar-refractivity contribution in [2.75, 3.05) is 12.3 Å². The van der Waals surface area contributed by atoms with Crippen LogP contribution in [0.25, 0.3) is 16.9 Å². The Morgan fingerprint density at radius 1 is 1.16 bits per heavy atom. The van der Waals surface area contributed by atoms with Gasteiger partial charge in [0, 0.05) is 41.7 Å². The zero-order chi connectivity index (χ0) is 27.4. The lowest BCUT2D eigenvalue weighted by Gasteiger charge is -2.19. The number of benzene rings is 2. The third-order valence-corrected chi connectivity index (χ3v) is 6.32. The van der Waals surface area contributed by atoms with Gasteiger partial charge in [0.2, 0.25) is 0 Å². The van der Waals surface area contributed by atoms with Crippen molar-refractivity contribution < 1.29 is 19.7 Å². The molecule has 0 spiro atoms. The van der Waals surface area contributed by atoms with Crippen LogP contribution in [0.1, 0.15) is 55.6 Å². The molecule has 8 nitrogen and oxygen atoms in total. The van der Waals surface area contributed by atoms with E-state index < -0.39 is 5.60 Å². The molecule has 0 aliphatic rings. The number of aliphatic hydroxyl groups excluding tert-OH is 1. The van der Waals surface area contributed by atoms with E-state index in [1.165, 1.54) is 0 Å². The van der Waals surface area contributed by atoms with Crippen LogP contribution in [0, 0.1) is 0 Å². The van der Waals surface area contributed by atoms with Crippen LogP contribution in [-0.2, 0) is 12.0 Å². The van der Waals surface area contributed by atoms with Gasteiger partial charge in [0.15, 0.2) is 0 Å². The Bertz CT molecular complexity index is 1400. The Morgan fingerprint density at radius 3 is 2.53 bits per heavy atom. The van der Waals surface area contributed by atoms with Gasteiger partial charge < -0.3 is 30.4 Å². The summed E-state index contributed by atoms with van der Waals surface area (Å²) < 4.78 is 7.57. The molecule has 1 atom stereocenters. The lowest BCUT2D eigenvalue weighted by molar-refractivity contribution is 0.0796. The second-order valence-electron chi connectivity index (χ2n) is 10.3. The van der Waals surface area contributed by atoms with Crippen LogP contribution in [0.3, 0.4) is 0 Å². The molecule has 2 heterocycles. The minimum absolute atomic E-state index is 0.0184. The highest BCUT2D eigenvalue weighted by molar-refractivity contribution is 5.95. The number of rotatable bonds is 10. The number of imidazole rings is 1. The van der Waals surface area contributed by atoms with E-state index in [0.717, 1.165) is 22.4 Å². The summed E-state index contributed by atoms with van der Waals surface area (Å²) in [6, 6.07) is 16.5. The van der Waals surface area contributed by atoms with Crippen molar-refractivity contribution >= 4 is 17.2 Å². The number of amides is 1. The summed E-state index contributed by atoms with van der Waals surface area (Å²) in [4.78, 5) is 17.7. The maximum atomic E-state index is 12.9. The number of nitrogens with zero attached hydrogens (tertiary/aromatic N) is 2. The number of pyridine rings is 1. The highest BCUT2D eigenvalue weighted by Gasteiger charge is 2.21. The smallest absolute Gasteiger partial charge is 0.251 e. The van der Waals surface area contributed by atoms with Crippen molar-refractivity contribution in [3.63, 3.8) is 0 Å². The average Bonchev–Trinajstić information content (AvgIpc) is 3.29.